The number of rotatable bonds is 10. The van der Waals surface area contributed by atoms with Crippen LogP contribution < -0.4 is 21.9 Å². The summed E-state index contributed by atoms with van der Waals surface area (Å²) in [6.45, 7) is 4.31. The number of Topliss-reactive ketones (excluding diaryl/α,β-unsaturated/α-hetero) is 1. The first-order chi connectivity index (χ1) is 15.8. The van der Waals surface area contributed by atoms with Crippen LogP contribution in [0.1, 0.15) is 52.7 Å². The number of aromatic nitrogens is 2. The Kier molecular flexibility index (Phi) is 8.00. The minimum absolute atomic E-state index is 0.0113. The second kappa shape index (κ2) is 10.9. The maximum atomic E-state index is 13.3. The fourth-order valence-electron chi connectivity index (χ4n) is 3.50. The van der Waals surface area contributed by atoms with Gasteiger partial charge >= 0.3 is 5.69 Å². The van der Waals surface area contributed by atoms with Crippen LogP contribution in [0.25, 0.3) is 0 Å². The normalized spacial score (nSPS) is 10.8. The monoisotopic (exact) mass is 468 g/mol. The second-order valence-corrected chi connectivity index (χ2v) is 9.09. The topological polar surface area (TPSA) is 118 Å². The minimum atomic E-state index is -0.727. The highest BCUT2D eigenvalue weighted by molar-refractivity contribution is 7.14. The molecule has 0 aliphatic carbocycles. The lowest BCUT2D eigenvalue weighted by molar-refractivity contribution is -0.118. The number of aromatic amines is 1. The minimum Gasteiger partial charge on any atom is -0.383 e. The molecule has 0 fully saturated rings. The lowest BCUT2D eigenvalue weighted by Crippen LogP contribution is -2.41. The molecule has 1 amide bonds. The molecule has 0 aliphatic rings. The van der Waals surface area contributed by atoms with E-state index in [1.54, 1.807) is 6.07 Å². The number of thiophene rings is 1. The van der Waals surface area contributed by atoms with Gasteiger partial charge in [-0.1, -0.05) is 43.7 Å². The van der Waals surface area contributed by atoms with Gasteiger partial charge < -0.3 is 10.6 Å². The molecular weight excluding hydrogens is 440 g/mol. The summed E-state index contributed by atoms with van der Waals surface area (Å²) < 4.78 is 1.28. The molecule has 8 nitrogen and oxygen atoms in total. The number of nitrogens with zero attached hydrogens (tertiary/aromatic N) is 2. The van der Waals surface area contributed by atoms with Crippen molar-refractivity contribution < 1.29 is 9.59 Å². The van der Waals surface area contributed by atoms with Crippen molar-refractivity contribution in [3.63, 3.8) is 0 Å². The average Bonchev–Trinajstić information content (AvgIpc) is 3.23. The molecule has 0 aliphatic heterocycles. The fourth-order valence-corrected chi connectivity index (χ4v) is 4.33. The summed E-state index contributed by atoms with van der Waals surface area (Å²) in [5.74, 6) is -0.601. The zero-order valence-electron chi connectivity index (χ0n) is 18.8. The molecule has 0 unspecified atom stereocenters. The van der Waals surface area contributed by atoms with E-state index in [2.05, 4.69) is 4.98 Å². The van der Waals surface area contributed by atoms with E-state index in [1.807, 2.05) is 50.2 Å². The molecule has 0 saturated carbocycles. The van der Waals surface area contributed by atoms with Crippen LogP contribution in [-0.2, 0) is 17.9 Å². The van der Waals surface area contributed by atoms with Crippen molar-refractivity contribution in [3.05, 3.63) is 78.6 Å². The number of H-pyrrole nitrogens is 1. The standard InChI is InChI=1S/C24H28N4O4S/c1-3-4-14-27-22(25)21(23(31)26-24(27)32)28(15-17-8-6-5-7-9-17)20(30)13-11-18(29)19-12-10-16(2)33-19/h5-10,12H,3-4,11,13-15,25H2,1-2H3,(H,26,31,32). The molecule has 3 aromatic rings. The van der Waals surface area contributed by atoms with Gasteiger partial charge in [-0.25, -0.2) is 4.79 Å². The number of nitrogens with two attached hydrogens (primary N) is 1. The van der Waals surface area contributed by atoms with Gasteiger partial charge in [-0.2, -0.15) is 0 Å². The van der Waals surface area contributed by atoms with E-state index in [4.69, 9.17) is 5.73 Å². The summed E-state index contributed by atoms with van der Waals surface area (Å²) in [4.78, 5) is 56.1. The molecule has 2 aromatic heterocycles. The van der Waals surface area contributed by atoms with Gasteiger partial charge in [-0.3, -0.25) is 23.9 Å². The Hall–Kier alpha value is -3.46. The number of hydrogen-bond acceptors (Lipinski definition) is 6. The molecular formula is C24H28N4O4S. The molecule has 2 heterocycles. The van der Waals surface area contributed by atoms with Gasteiger partial charge in [0, 0.05) is 24.3 Å². The van der Waals surface area contributed by atoms with E-state index in [9.17, 15) is 19.2 Å². The van der Waals surface area contributed by atoms with Crippen LogP contribution in [0.5, 0.6) is 0 Å². The lowest BCUT2D eigenvalue weighted by atomic mass is 10.1. The van der Waals surface area contributed by atoms with Crippen molar-refractivity contribution in [3.8, 4) is 0 Å². The number of anilines is 2. The molecule has 0 bridgehead atoms. The Morgan fingerprint density at radius 1 is 1.09 bits per heavy atom. The molecule has 9 heteroatoms. The van der Waals surface area contributed by atoms with Crippen molar-refractivity contribution in [2.45, 2.75) is 52.6 Å². The first-order valence-electron chi connectivity index (χ1n) is 10.9. The number of ketones is 1. The number of benzene rings is 1. The van der Waals surface area contributed by atoms with Crippen LogP contribution in [0.15, 0.2) is 52.1 Å². The van der Waals surface area contributed by atoms with Gasteiger partial charge in [0.15, 0.2) is 11.5 Å². The summed E-state index contributed by atoms with van der Waals surface area (Å²) in [5.41, 5.74) is 5.64. The third-order valence-corrected chi connectivity index (χ3v) is 6.33. The zero-order chi connectivity index (χ0) is 24.0. The Balaban J connectivity index is 1.94. The van der Waals surface area contributed by atoms with Crippen LogP contribution in [0.4, 0.5) is 11.5 Å². The molecule has 174 valence electrons. The maximum absolute atomic E-state index is 13.3. The largest absolute Gasteiger partial charge is 0.383 e. The summed E-state index contributed by atoms with van der Waals surface area (Å²) in [7, 11) is 0. The Labute approximate surface area is 195 Å². The summed E-state index contributed by atoms with van der Waals surface area (Å²) in [5, 5.41) is 0. The number of nitrogen functional groups attached to an aromatic ring is 1. The van der Waals surface area contributed by atoms with Crippen molar-refractivity contribution in [2.24, 2.45) is 0 Å². The second-order valence-electron chi connectivity index (χ2n) is 7.80. The number of hydrogen-bond donors (Lipinski definition) is 2. The molecule has 1 aromatic carbocycles. The predicted molar refractivity (Wildman–Crippen MR) is 131 cm³/mol. The molecule has 3 N–H and O–H groups in total. The summed E-state index contributed by atoms with van der Waals surface area (Å²) in [6.07, 6.45) is 1.45. The van der Waals surface area contributed by atoms with Crippen LogP contribution >= 0.6 is 11.3 Å². The van der Waals surface area contributed by atoms with Crippen LogP contribution in [-0.4, -0.2) is 21.2 Å². The molecule has 0 saturated heterocycles. The van der Waals surface area contributed by atoms with E-state index >= 15 is 0 Å². The number of carbonyl (C=O) groups excluding carboxylic acids is 2. The van der Waals surface area contributed by atoms with Crippen molar-refractivity contribution in [1.82, 2.24) is 9.55 Å². The number of nitrogens with one attached hydrogen (secondary N) is 1. The average molecular weight is 469 g/mol. The van der Waals surface area contributed by atoms with Crippen LogP contribution in [0, 0.1) is 6.92 Å². The van der Waals surface area contributed by atoms with Gasteiger partial charge in [0.2, 0.25) is 5.91 Å². The Bertz CT molecular complexity index is 1240. The molecule has 0 atom stereocenters. The SMILES string of the molecule is CCCCn1c(N)c(N(Cc2ccccc2)C(=O)CCC(=O)c2ccc(C)s2)c(=O)[nH]c1=O. The van der Waals surface area contributed by atoms with Crippen LogP contribution in [0.2, 0.25) is 0 Å². The van der Waals surface area contributed by atoms with E-state index in [0.717, 1.165) is 16.9 Å². The summed E-state index contributed by atoms with van der Waals surface area (Å²) >= 11 is 1.38. The van der Waals surface area contributed by atoms with E-state index in [-0.39, 0.29) is 36.7 Å². The first kappa shape index (κ1) is 24.2. The van der Waals surface area contributed by atoms with Gasteiger partial charge in [0.25, 0.3) is 5.56 Å². The highest BCUT2D eigenvalue weighted by Gasteiger charge is 2.25. The number of amides is 1. The Morgan fingerprint density at radius 3 is 2.45 bits per heavy atom. The van der Waals surface area contributed by atoms with Crippen LogP contribution in [0.3, 0.4) is 0 Å². The third kappa shape index (κ3) is 5.87. The van der Waals surface area contributed by atoms with Crippen molar-refractivity contribution in [1.29, 1.82) is 0 Å². The third-order valence-electron chi connectivity index (χ3n) is 5.28. The number of carbonyl (C=O) groups is 2. The molecule has 0 spiro atoms. The maximum Gasteiger partial charge on any atom is 0.330 e. The highest BCUT2D eigenvalue weighted by atomic mass is 32.1. The lowest BCUT2D eigenvalue weighted by Gasteiger charge is -2.24. The summed E-state index contributed by atoms with van der Waals surface area (Å²) in [6, 6.07) is 12.8. The Morgan fingerprint density at radius 2 is 1.82 bits per heavy atom. The van der Waals surface area contributed by atoms with Gasteiger partial charge in [0.05, 0.1) is 11.4 Å². The van der Waals surface area contributed by atoms with E-state index < -0.39 is 17.2 Å². The van der Waals surface area contributed by atoms with Crippen molar-refractivity contribution in [2.75, 3.05) is 10.6 Å². The number of unbranched alkanes of at least 4 members (excludes halogenated alkanes) is 1. The molecule has 0 radical (unpaired) electrons. The van der Waals surface area contributed by atoms with Gasteiger partial charge in [-0.15, -0.1) is 11.3 Å². The molecule has 3 rings (SSSR count). The van der Waals surface area contributed by atoms with E-state index in [1.165, 1.54) is 20.8 Å². The smallest absolute Gasteiger partial charge is 0.330 e. The quantitative estimate of drug-likeness (QED) is 0.442. The van der Waals surface area contributed by atoms with Gasteiger partial charge in [0.1, 0.15) is 5.82 Å². The fraction of sp³-hybridized carbons (Fsp3) is 0.333. The number of aryl methyl sites for hydroxylation is 1. The zero-order valence-corrected chi connectivity index (χ0v) is 19.6. The van der Waals surface area contributed by atoms with Crippen molar-refractivity contribution >= 4 is 34.5 Å². The predicted octanol–water partition coefficient (Wildman–Crippen LogP) is 3.49. The van der Waals surface area contributed by atoms with E-state index in [0.29, 0.717) is 17.8 Å². The van der Waals surface area contributed by atoms with Gasteiger partial charge in [-0.05, 0) is 31.0 Å². The first-order valence-corrected chi connectivity index (χ1v) is 11.7. The molecule has 33 heavy (non-hydrogen) atoms. The highest BCUT2D eigenvalue weighted by Crippen LogP contribution is 2.23.